The molecule has 0 saturated carbocycles. The summed E-state index contributed by atoms with van der Waals surface area (Å²) in [6, 6.07) is 3.78. The third-order valence-electron chi connectivity index (χ3n) is 3.53. The molecule has 0 aliphatic heterocycles. The summed E-state index contributed by atoms with van der Waals surface area (Å²) in [7, 11) is 1.62. The molecule has 128 valence electrons. The maximum Gasteiger partial charge on any atom is 0.226 e. The molecule has 6 heteroatoms. The standard InChI is InChI=1S/C17H25ClN2O3/c1-12-10-13(2)17(15(18)11-12)19-16(22)6-8-20(14(3)21)7-5-9-23-4/h10-11H,5-9H2,1-4H3,(H,19,22). The van der Waals surface area contributed by atoms with Gasteiger partial charge in [0.25, 0.3) is 0 Å². The summed E-state index contributed by atoms with van der Waals surface area (Å²) in [5, 5.41) is 3.36. The van der Waals surface area contributed by atoms with E-state index in [2.05, 4.69) is 5.32 Å². The highest BCUT2D eigenvalue weighted by Gasteiger charge is 2.13. The second-order valence-electron chi connectivity index (χ2n) is 5.59. The van der Waals surface area contributed by atoms with Crippen LogP contribution < -0.4 is 5.32 Å². The van der Waals surface area contributed by atoms with E-state index in [-0.39, 0.29) is 18.2 Å². The van der Waals surface area contributed by atoms with Gasteiger partial charge in [-0.15, -0.1) is 0 Å². The van der Waals surface area contributed by atoms with Crippen molar-refractivity contribution in [1.82, 2.24) is 4.90 Å². The number of benzene rings is 1. The molecule has 0 bridgehead atoms. The van der Waals surface area contributed by atoms with Gasteiger partial charge in [0, 0.05) is 40.2 Å². The first-order chi connectivity index (χ1) is 10.8. The van der Waals surface area contributed by atoms with Crippen LogP contribution in [0.25, 0.3) is 0 Å². The van der Waals surface area contributed by atoms with Gasteiger partial charge in [-0.05, 0) is 37.5 Å². The minimum atomic E-state index is -0.156. The molecule has 0 spiro atoms. The van der Waals surface area contributed by atoms with Crippen LogP contribution in [-0.2, 0) is 14.3 Å². The predicted octanol–water partition coefficient (Wildman–Crippen LogP) is 3.17. The van der Waals surface area contributed by atoms with Gasteiger partial charge in [-0.2, -0.15) is 0 Å². The number of methoxy groups -OCH3 is 1. The van der Waals surface area contributed by atoms with Gasteiger partial charge in [-0.25, -0.2) is 0 Å². The van der Waals surface area contributed by atoms with Crippen molar-refractivity contribution >= 4 is 29.1 Å². The molecule has 0 saturated heterocycles. The number of amides is 2. The molecule has 1 rings (SSSR count). The number of ether oxygens (including phenoxy) is 1. The number of hydrogen-bond donors (Lipinski definition) is 1. The van der Waals surface area contributed by atoms with Gasteiger partial charge >= 0.3 is 0 Å². The average Bonchev–Trinajstić information content (AvgIpc) is 2.46. The molecule has 2 amide bonds. The Bertz CT molecular complexity index is 538. The first-order valence-corrected chi connectivity index (χ1v) is 8.04. The van der Waals surface area contributed by atoms with Crippen LogP contribution in [0, 0.1) is 13.8 Å². The summed E-state index contributed by atoms with van der Waals surface area (Å²) in [4.78, 5) is 25.4. The fourth-order valence-electron chi connectivity index (χ4n) is 2.34. The van der Waals surface area contributed by atoms with Crippen LogP contribution in [-0.4, -0.2) is 43.5 Å². The largest absolute Gasteiger partial charge is 0.385 e. The molecule has 0 unspecified atom stereocenters. The lowest BCUT2D eigenvalue weighted by Crippen LogP contribution is -2.33. The first kappa shape index (κ1) is 19.5. The fraction of sp³-hybridized carbons (Fsp3) is 0.529. The van der Waals surface area contributed by atoms with Gasteiger partial charge in [0.1, 0.15) is 0 Å². The minimum Gasteiger partial charge on any atom is -0.385 e. The van der Waals surface area contributed by atoms with Crippen molar-refractivity contribution in [2.75, 3.05) is 32.1 Å². The van der Waals surface area contributed by atoms with Crippen molar-refractivity contribution in [1.29, 1.82) is 0 Å². The van der Waals surface area contributed by atoms with Crippen molar-refractivity contribution < 1.29 is 14.3 Å². The van der Waals surface area contributed by atoms with Crippen molar-refractivity contribution in [3.8, 4) is 0 Å². The maximum atomic E-state index is 12.1. The molecule has 0 heterocycles. The SMILES string of the molecule is COCCCN(CCC(=O)Nc1c(C)cc(C)cc1Cl)C(C)=O. The molecule has 1 N–H and O–H groups in total. The summed E-state index contributed by atoms with van der Waals surface area (Å²) in [5.74, 6) is -0.199. The van der Waals surface area contributed by atoms with Gasteiger partial charge in [-0.1, -0.05) is 17.7 Å². The number of carbonyl (C=O) groups is 2. The van der Waals surface area contributed by atoms with Crippen LogP contribution in [0.1, 0.15) is 30.9 Å². The maximum absolute atomic E-state index is 12.1. The highest BCUT2D eigenvalue weighted by Crippen LogP contribution is 2.27. The van der Waals surface area contributed by atoms with Crippen LogP contribution in [0.15, 0.2) is 12.1 Å². The van der Waals surface area contributed by atoms with Crippen LogP contribution in [0.4, 0.5) is 5.69 Å². The number of nitrogens with zero attached hydrogens (tertiary/aromatic N) is 1. The Hall–Kier alpha value is -1.59. The average molecular weight is 341 g/mol. The van der Waals surface area contributed by atoms with E-state index in [1.165, 1.54) is 6.92 Å². The van der Waals surface area contributed by atoms with Crippen LogP contribution in [0.5, 0.6) is 0 Å². The second kappa shape index (κ2) is 9.53. The Morgan fingerprint density at radius 2 is 1.96 bits per heavy atom. The molecule has 0 aliphatic rings. The highest BCUT2D eigenvalue weighted by molar-refractivity contribution is 6.34. The Kier molecular flexibility index (Phi) is 8.06. The molecular weight excluding hydrogens is 316 g/mol. The quantitative estimate of drug-likeness (QED) is 0.739. The molecule has 0 aromatic heterocycles. The lowest BCUT2D eigenvalue weighted by Gasteiger charge is -2.21. The summed E-state index contributed by atoms with van der Waals surface area (Å²) in [6.07, 6.45) is 0.983. The van der Waals surface area contributed by atoms with E-state index in [0.29, 0.717) is 30.4 Å². The second-order valence-corrected chi connectivity index (χ2v) is 6.00. The van der Waals surface area contributed by atoms with E-state index in [0.717, 1.165) is 17.5 Å². The molecule has 0 fully saturated rings. The lowest BCUT2D eigenvalue weighted by atomic mass is 10.1. The van der Waals surface area contributed by atoms with E-state index in [9.17, 15) is 9.59 Å². The van der Waals surface area contributed by atoms with E-state index in [1.54, 1.807) is 12.0 Å². The third kappa shape index (κ3) is 6.59. The van der Waals surface area contributed by atoms with Crippen LogP contribution >= 0.6 is 11.6 Å². The zero-order chi connectivity index (χ0) is 17.4. The molecule has 0 atom stereocenters. The minimum absolute atomic E-state index is 0.0431. The molecule has 0 radical (unpaired) electrons. The Morgan fingerprint density at radius 3 is 2.52 bits per heavy atom. The fourth-order valence-corrected chi connectivity index (χ4v) is 2.71. The van der Waals surface area contributed by atoms with Crippen molar-refractivity contribution in [3.05, 3.63) is 28.3 Å². The highest BCUT2D eigenvalue weighted by atomic mass is 35.5. The normalized spacial score (nSPS) is 10.5. The monoisotopic (exact) mass is 340 g/mol. The summed E-state index contributed by atoms with van der Waals surface area (Å²) < 4.78 is 4.98. The van der Waals surface area contributed by atoms with Gasteiger partial charge in [0.05, 0.1) is 10.7 Å². The smallest absolute Gasteiger partial charge is 0.226 e. The topological polar surface area (TPSA) is 58.6 Å². The number of halogens is 1. The number of aryl methyl sites for hydroxylation is 2. The van der Waals surface area contributed by atoms with Crippen molar-refractivity contribution in [2.45, 2.75) is 33.6 Å². The van der Waals surface area contributed by atoms with Crippen LogP contribution in [0.3, 0.4) is 0 Å². The Morgan fingerprint density at radius 1 is 1.26 bits per heavy atom. The van der Waals surface area contributed by atoms with Gasteiger partial charge in [0.2, 0.25) is 11.8 Å². The number of carbonyl (C=O) groups excluding carboxylic acids is 2. The summed E-state index contributed by atoms with van der Waals surface area (Å²) in [6.45, 7) is 6.92. The van der Waals surface area contributed by atoms with Crippen LogP contribution in [0.2, 0.25) is 5.02 Å². The zero-order valence-corrected chi connectivity index (χ0v) is 15.0. The molecule has 23 heavy (non-hydrogen) atoms. The molecule has 1 aromatic carbocycles. The molecule has 5 nitrogen and oxygen atoms in total. The van der Waals surface area contributed by atoms with Crippen molar-refractivity contribution in [2.24, 2.45) is 0 Å². The van der Waals surface area contributed by atoms with E-state index in [1.807, 2.05) is 26.0 Å². The van der Waals surface area contributed by atoms with Gasteiger partial charge < -0.3 is 15.0 Å². The van der Waals surface area contributed by atoms with E-state index < -0.39 is 0 Å². The molecular formula is C17H25ClN2O3. The molecule has 1 aromatic rings. The summed E-state index contributed by atoms with van der Waals surface area (Å²) in [5.41, 5.74) is 2.61. The number of rotatable bonds is 8. The first-order valence-electron chi connectivity index (χ1n) is 7.66. The summed E-state index contributed by atoms with van der Waals surface area (Å²) >= 11 is 6.18. The van der Waals surface area contributed by atoms with Crippen molar-refractivity contribution in [3.63, 3.8) is 0 Å². The Balaban J connectivity index is 2.57. The number of hydrogen-bond acceptors (Lipinski definition) is 3. The number of anilines is 1. The predicted molar refractivity (Wildman–Crippen MR) is 92.9 cm³/mol. The van der Waals surface area contributed by atoms with E-state index in [4.69, 9.17) is 16.3 Å². The molecule has 0 aliphatic carbocycles. The van der Waals surface area contributed by atoms with Gasteiger partial charge in [0.15, 0.2) is 0 Å². The zero-order valence-electron chi connectivity index (χ0n) is 14.2. The Labute approximate surface area is 142 Å². The lowest BCUT2D eigenvalue weighted by molar-refractivity contribution is -0.129. The van der Waals surface area contributed by atoms with Gasteiger partial charge in [-0.3, -0.25) is 9.59 Å². The van der Waals surface area contributed by atoms with E-state index >= 15 is 0 Å². The number of nitrogens with one attached hydrogen (secondary N) is 1. The third-order valence-corrected chi connectivity index (χ3v) is 3.82.